The standard InChI is InChI=1S/C15H12N2O6/c1-23-11-4-2-3-9(7-11)14(18)16-13-8-10(17(21)22)5-6-12(13)15(19)20/h2-8H,1H3,(H,16,18)(H,19,20). The van der Waals surface area contributed by atoms with Gasteiger partial charge in [0.2, 0.25) is 0 Å². The Hall–Kier alpha value is -3.42. The molecule has 2 rings (SSSR count). The quantitative estimate of drug-likeness (QED) is 0.646. The van der Waals surface area contributed by atoms with Crippen molar-refractivity contribution in [2.45, 2.75) is 0 Å². The summed E-state index contributed by atoms with van der Waals surface area (Å²) in [4.78, 5) is 33.5. The van der Waals surface area contributed by atoms with E-state index < -0.39 is 16.8 Å². The fourth-order valence-electron chi connectivity index (χ4n) is 1.89. The number of benzene rings is 2. The van der Waals surface area contributed by atoms with Gasteiger partial charge in [-0.25, -0.2) is 4.79 Å². The first-order valence-electron chi connectivity index (χ1n) is 6.39. The third-order valence-corrected chi connectivity index (χ3v) is 3.02. The highest BCUT2D eigenvalue weighted by atomic mass is 16.6. The maximum absolute atomic E-state index is 12.2. The van der Waals surface area contributed by atoms with Crippen LogP contribution < -0.4 is 10.1 Å². The van der Waals surface area contributed by atoms with E-state index in [4.69, 9.17) is 9.84 Å². The van der Waals surface area contributed by atoms with Crippen molar-refractivity contribution in [3.8, 4) is 5.75 Å². The highest BCUT2D eigenvalue weighted by Gasteiger charge is 2.18. The second-order valence-corrected chi connectivity index (χ2v) is 4.48. The first-order valence-corrected chi connectivity index (χ1v) is 6.39. The molecular formula is C15H12N2O6. The molecule has 2 aromatic rings. The van der Waals surface area contributed by atoms with E-state index in [1.807, 2.05) is 0 Å². The Kier molecular flexibility index (Phi) is 4.55. The van der Waals surface area contributed by atoms with Gasteiger partial charge in [0, 0.05) is 17.7 Å². The van der Waals surface area contributed by atoms with Gasteiger partial charge in [0.05, 0.1) is 23.3 Å². The molecule has 0 aliphatic heterocycles. The molecule has 2 N–H and O–H groups in total. The van der Waals surface area contributed by atoms with Gasteiger partial charge in [0.15, 0.2) is 0 Å². The molecule has 0 fully saturated rings. The minimum Gasteiger partial charge on any atom is -0.497 e. The number of ether oxygens (including phenoxy) is 1. The van der Waals surface area contributed by atoms with Crippen LogP contribution in [0.2, 0.25) is 0 Å². The largest absolute Gasteiger partial charge is 0.497 e. The summed E-state index contributed by atoms with van der Waals surface area (Å²) in [6, 6.07) is 9.35. The van der Waals surface area contributed by atoms with Crippen LogP contribution in [0.4, 0.5) is 11.4 Å². The molecule has 23 heavy (non-hydrogen) atoms. The number of carboxylic acids is 1. The molecule has 0 saturated heterocycles. The predicted molar refractivity (Wildman–Crippen MR) is 81.0 cm³/mol. The van der Waals surface area contributed by atoms with Crippen molar-refractivity contribution >= 4 is 23.3 Å². The number of hydrogen-bond acceptors (Lipinski definition) is 5. The number of nitrogens with zero attached hydrogens (tertiary/aromatic N) is 1. The molecule has 2 aromatic carbocycles. The smallest absolute Gasteiger partial charge is 0.337 e. The summed E-state index contributed by atoms with van der Waals surface area (Å²) in [6.45, 7) is 0. The second-order valence-electron chi connectivity index (χ2n) is 4.48. The van der Waals surface area contributed by atoms with Crippen molar-refractivity contribution in [2.75, 3.05) is 12.4 Å². The van der Waals surface area contributed by atoms with Gasteiger partial charge in [-0.2, -0.15) is 0 Å². The molecular weight excluding hydrogens is 304 g/mol. The number of amides is 1. The van der Waals surface area contributed by atoms with Gasteiger partial charge in [-0.05, 0) is 24.3 Å². The number of nitro groups is 1. The number of nitrogens with one attached hydrogen (secondary N) is 1. The van der Waals surface area contributed by atoms with E-state index in [0.717, 1.165) is 18.2 Å². The number of carbonyl (C=O) groups excluding carboxylic acids is 1. The van der Waals surface area contributed by atoms with Gasteiger partial charge in [0.25, 0.3) is 11.6 Å². The van der Waals surface area contributed by atoms with Gasteiger partial charge in [0.1, 0.15) is 5.75 Å². The Morgan fingerprint density at radius 2 is 1.96 bits per heavy atom. The molecule has 0 atom stereocenters. The third kappa shape index (κ3) is 3.62. The zero-order chi connectivity index (χ0) is 17.0. The number of aromatic carboxylic acids is 1. The third-order valence-electron chi connectivity index (χ3n) is 3.02. The van der Waals surface area contributed by atoms with E-state index in [-0.39, 0.29) is 22.5 Å². The molecule has 0 aromatic heterocycles. The van der Waals surface area contributed by atoms with E-state index >= 15 is 0 Å². The average Bonchev–Trinajstić information content (AvgIpc) is 2.54. The zero-order valence-electron chi connectivity index (χ0n) is 12.0. The maximum atomic E-state index is 12.2. The molecule has 0 bridgehead atoms. The van der Waals surface area contributed by atoms with Crippen LogP contribution in [0.5, 0.6) is 5.75 Å². The van der Waals surface area contributed by atoms with Crippen LogP contribution in [-0.2, 0) is 0 Å². The van der Waals surface area contributed by atoms with Crippen LogP contribution >= 0.6 is 0 Å². The van der Waals surface area contributed by atoms with E-state index in [1.54, 1.807) is 12.1 Å². The highest BCUT2D eigenvalue weighted by molar-refractivity contribution is 6.08. The van der Waals surface area contributed by atoms with Crippen molar-refractivity contribution in [3.05, 3.63) is 63.7 Å². The number of carboxylic acid groups (broad SMARTS) is 1. The number of anilines is 1. The molecule has 0 heterocycles. The molecule has 1 amide bonds. The molecule has 0 spiro atoms. The number of methoxy groups -OCH3 is 1. The molecule has 0 radical (unpaired) electrons. The van der Waals surface area contributed by atoms with Crippen molar-refractivity contribution in [2.24, 2.45) is 0 Å². The van der Waals surface area contributed by atoms with E-state index in [1.165, 1.54) is 19.2 Å². The summed E-state index contributed by atoms with van der Waals surface area (Å²) in [7, 11) is 1.44. The number of rotatable bonds is 5. The number of non-ortho nitro benzene ring substituents is 1. The van der Waals surface area contributed by atoms with Gasteiger partial charge in [-0.1, -0.05) is 6.07 Å². The van der Waals surface area contributed by atoms with Crippen LogP contribution in [0.15, 0.2) is 42.5 Å². The summed E-state index contributed by atoms with van der Waals surface area (Å²) in [5.74, 6) is -1.46. The lowest BCUT2D eigenvalue weighted by Crippen LogP contribution is -2.15. The minimum absolute atomic E-state index is 0.153. The lowest BCUT2D eigenvalue weighted by molar-refractivity contribution is -0.384. The molecule has 0 saturated carbocycles. The number of carbonyl (C=O) groups is 2. The van der Waals surface area contributed by atoms with Gasteiger partial charge in [-0.15, -0.1) is 0 Å². The predicted octanol–water partition coefficient (Wildman–Crippen LogP) is 2.55. The first kappa shape index (κ1) is 16.0. The van der Waals surface area contributed by atoms with Crippen LogP contribution in [0, 0.1) is 10.1 Å². The Labute approximate surface area is 130 Å². The van der Waals surface area contributed by atoms with Crippen molar-refractivity contribution in [1.82, 2.24) is 0 Å². The molecule has 118 valence electrons. The van der Waals surface area contributed by atoms with E-state index in [0.29, 0.717) is 5.75 Å². The lowest BCUT2D eigenvalue weighted by atomic mass is 10.1. The monoisotopic (exact) mass is 316 g/mol. The molecule has 8 nitrogen and oxygen atoms in total. The summed E-state index contributed by atoms with van der Waals surface area (Å²) >= 11 is 0. The lowest BCUT2D eigenvalue weighted by Gasteiger charge is -2.09. The van der Waals surface area contributed by atoms with Crippen molar-refractivity contribution in [1.29, 1.82) is 0 Å². The summed E-state index contributed by atoms with van der Waals surface area (Å²) < 4.78 is 5.00. The Bertz CT molecular complexity index is 787. The second kappa shape index (κ2) is 6.56. The molecule has 0 unspecified atom stereocenters. The van der Waals surface area contributed by atoms with E-state index in [9.17, 15) is 19.7 Å². The van der Waals surface area contributed by atoms with Gasteiger partial charge in [-0.3, -0.25) is 14.9 Å². The van der Waals surface area contributed by atoms with Crippen molar-refractivity contribution in [3.63, 3.8) is 0 Å². The SMILES string of the molecule is COc1cccc(C(=O)Nc2cc([N+](=O)[O-])ccc2C(=O)O)c1. The van der Waals surface area contributed by atoms with Crippen LogP contribution in [0.25, 0.3) is 0 Å². The Balaban J connectivity index is 2.37. The van der Waals surface area contributed by atoms with Crippen LogP contribution in [0.1, 0.15) is 20.7 Å². The Morgan fingerprint density at radius 1 is 1.22 bits per heavy atom. The topological polar surface area (TPSA) is 119 Å². The van der Waals surface area contributed by atoms with Crippen LogP contribution in [-0.4, -0.2) is 29.0 Å². The summed E-state index contributed by atoms with van der Waals surface area (Å²) in [5.41, 5.74) is -0.491. The van der Waals surface area contributed by atoms with E-state index in [2.05, 4.69) is 5.32 Å². The average molecular weight is 316 g/mol. The fraction of sp³-hybridized carbons (Fsp3) is 0.0667. The van der Waals surface area contributed by atoms with Crippen LogP contribution in [0.3, 0.4) is 0 Å². The molecule has 0 aliphatic carbocycles. The maximum Gasteiger partial charge on any atom is 0.337 e. The zero-order valence-corrected chi connectivity index (χ0v) is 12.0. The highest BCUT2D eigenvalue weighted by Crippen LogP contribution is 2.24. The molecule has 8 heteroatoms. The minimum atomic E-state index is -1.30. The normalized spacial score (nSPS) is 9.96. The van der Waals surface area contributed by atoms with Crippen molar-refractivity contribution < 1.29 is 24.4 Å². The number of hydrogen-bond donors (Lipinski definition) is 2. The van der Waals surface area contributed by atoms with Gasteiger partial charge < -0.3 is 15.2 Å². The summed E-state index contributed by atoms with van der Waals surface area (Å²) in [5, 5.41) is 22.3. The first-order chi connectivity index (χ1) is 10.9. The fourth-order valence-corrected chi connectivity index (χ4v) is 1.89. The Morgan fingerprint density at radius 3 is 2.57 bits per heavy atom. The van der Waals surface area contributed by atoms with Gasteiger partial charge >= 0.3 is 5.97 Å². The summed E-state index contributed by atoms with van der Waals surface area (Å²) in [6.07, 6.45) is 0. The number of nitro benzene ring substituents is 1. The molecule has 0 aliphatic rings.